The number of rotatable bonds is 8. The van der Waals surface area contributed by atoms with Crippen molar-refractivity contribution in [2.45, 2.75) is 26.8 Å². The molecule has 37 heavy (non-hydrogen) atoms. The molecule has 12 heteroatoms. The van der Waals surface area contributed by atoms with Crippen LogP contribution in [0.2, 0.25) is 0 Å². The molecule has 3 aromatic rings. The van der Waals surface area contributed by atoms with Gasteiger partial charge >= 0.3 is 11.9 Å². The third kappa shape index (κ3) is 5.91. The minimum Gasteiger partial charge on any atom is -0.480 e. The van der Waals surface area contributed by atoms with Crippen LogP contribution in [0.3, 0.4) is 0 Å². The van der Waals surface area contributed by atoms with E-state index < -0.39 is 18.0 Å². The first kappa shape index (κ1) is 27.7. The molecule has 194 valence electrons. The number of aromatic nitrogens is 1. The van der Waals surface area contributed by atoms with Gasteiger partial charge in [0.05, 0.1) is 32.6 Å². The van der Waals surface area contributed by atoms with Crippen LogP contribution in [0.1, 0.15) is 37.3 Å². The quantitative estimate of drug-likeness (QED) is 0.257. The SMILES string of the molecule is CCOC(=O)COc1c(I)cc(Br)cc1/C=c1\sc2n(c1=O)[C@@H](c1cccs1)C(C(=O)OCC)=C(C)N=2. The second kappa shape index (κ2) is 12.0. The van der Waals surface area contributed by atoms with Crippen LogP contribution in [-0.4, -0.2) is 36.3 Å². The van der Waals surface area contributed by atoms with E-state index in [4.69, 9.17) is 14.2 Å². The Hall–Kier alpha value is -2.29. The predicted octanol–water partition coefficient (Wildman–Crippen LogP) is 4.17. The summed E-state index contributed by atoms with van der Waals surface area (Å²) in [6.45, 7) is 5.44. The molecule has 0 fully saturated rings. The second-order valence-electron chi connectivity index (χ2n) is 7.72. The summed E-state index contributed by atoms with van der Waals surface area (Å²) in [5, 5.41) is 1.90. The topological polar surface area (TPSA) is 96.2 Å². The zero-order chi connectivity index (χ0) is 26.7. The number of carbonyl (C=O) groups is 2. The molecule has 0 saturated carbocycles. The monoisotopic (exact) mass is 716 g/mol. The fourth-order valence-corrected chi connectivity index (χ4v) is 7.39. The number of esters is 2. The summed E-state index contributed by atoms with van der Waals surface area (Å²) in [4.78, 5) is 44.5. The minimum atomic E-state index is -0.639. The van der Waals surface area contributed by atoms with E-state index in [1.54, 1.807) is 31.4 Å². The summed E-state index contributed by atoms with van der Waals surface area (Å²) >= 11 is 8.29. The van der Waals surface area contributed by atoms with Crippen molar-refractivity contribution < 1.29 is 23.8 Å². The molecule has 0 amide bonds. The van der Waals surface area contributed by atoms with E-state index in [1.807, 2.05) is 29.6 Å². The highest BCUT2D eigenvalue weighted by atomic mass is 127. The van der Waals surface area contributed by atoms with Gasteiger partial charge in [-0.3, -0.25) is 9.36 Å². The Morgan fingerprint density at radius 1 is 1.24 bits per heavy atom. The first-order valence-electron chi connectivity index (χ1n) is 11.3. The number of hydrogen-bond donors (Lipinski definition) is 0. The highest BCUT2D eigenvalue weighted by Gasteiger charge is 2.34. The summed E-state index contributed by atoms with van der Waals surface area (Å²) < 4.78 is 19.6. The fourth-order valence-electron chi connectivity index (χ4n) is 3.82. The van der Waals surface area contributed by atoms with Crippen molar-refractivity contribution in [2.75, 3.05) is 19.8 Å². The van der Waals surface area contributed by atoms with Gasteiger partial charge in [0.2, 0.25) is 0 Å². The summed E-state index contributed by atoms with van der Waals surface area (Å²) in [6.07, 6.45) is 1.71. The molecule has 2 aromatic heterocycles. The molecule has 1 aromatic carbocycles. The molecule has 1 atom stereocenters. The van der Waals surface area contributed by atoms with E-state index in [-0.39, 0.29) is 25.4 Å². The van der Waals surface area contributed by atoms with Crippen LogP contribution in [0.15, 0.2) is 55.2 Å². The molecule has 0 unspecified atom stereocenters. The van der Waals surface area contributed by atoms with E-state index in [0.717, 1.165) is 12.9 Å². The van der Waals surface area contributed by atoms with Gasteiger partial charge in [-0.15, -0.1) is 11.3 Å². The first-order valence-corrected chi connectivity index (χ1v) is 14.8. The van der Waals surface area contributed by atoms with E-state index in [0.29, 0.717) is 31.9 Å². The van der Waals surface area contributed by atoms with Crippen LogP contribution >= 0.6 is 61.2 Å². The highest BCUT2D eigenvalue weighted by molar-refractivity contribution is 14.1. The zero-order valence-electron chi connectivity index (χ0n) is 20.1. The second-order valence-corrected chi connectivity index (χ2v) is 11.8. The number of thiophene rings is 1. The number of hydrogen-bond acceptors (Lipinski definition) is 9. The van der Waals surface area contributed by atoms with Crippen molar-refractivity contribution in [3.63, 3.8) is 0 Å². The Labute approximate surface area is 242 Å². The van der Waals surface area contributed by atoms with Crippen LogP contribution in [0, 0.1) is 3.57 Å². The minimum absolute atomic E-state index is 0.216. The van der Waals surface area contributed by atoms with Crippen LogP contribution in [0.25, 0.3) is 6.08 Å². The normalized spacial score (nSPS) is 15.3. The van der Waals surface area contributed by atoms with Crippen LogP contribution in [0.5, 0.6) is 5.75 Å². The lowest BCUT2D eigenvalue weighted by Crippen LogP contribution is -2.39. The maximum absolute atomic E-state index is 13.8. The van der Waals surface area contributed by atoms with Gasteiger partial charge < -0.3 is 14.2 Å². The Balaban J connectivity index is 1.87. The predicted molar refractivity (Wildman–Crippen MR) is 154 cm³/mol. The number of nitrogens with zero attached hydrogens (tertiary/aromatic N) is 2. The molecule has 3 heterocycles. The average molecular weight is 717 g/mol. The lowest BCUT2D eigenvalue weighted by atomic mass is 10.0. The van der Waals surface area contributed by atoms with Gasteiger partial charge in [-0.05, 0) is 73.0 Å². The smallest absolute Gasteiger partial charge is 0.344 e. The lowest BCUT2D eigenvalue weighted by Gasteiger charge is -2.23. The maximum Gasteiger partial charge on any atom is 0.344 e. The van der Waals surface area contributed by atoms with Gasteiger partial charge in [0, 0.05) is 14.9 Å². The van der Waals surface area contributed by atoms with Crippen LogP contribution < -0.4 is 19.6 Å². The molecular formula is C25H22BrIN2O6S2. The van der Waals surface area contributed by atoms with Crippen molar-refractivity contribution in [3.05, 3.63) is 79.1 Å². The lowest BCUT2D eigenvalue weighted by molar-refractivity contribution is -0.145. The standard InChI is InChI=1S/C25H22BrIN2O6S2/c1-4-33-19(30)12-35-22-14(9-15(26)11-16(22)27)10-18-23(31)29-21(17-7-6-8-36-17)20(24(32)34-5-2)13(3)28-25(29)37-18/h6-11,21H,4-5,12H2,1-3H3/b18-10-/t21-/m0/s1. The number of allylic oxidation sites excluding steroid dienone is 1. The molecule has 0 bridgehead atoms. The van der Waals surface area contributed by atoms with Crippen molar-refractivity contribution in [3.8, 4) is 5.75 Å². The van der Waals surface area contributed by atoms with Gasteiger partial charge in [-0.25, -0.2) is 14.6 Å². The fraction of sp³-hybridized carbons (Fsp3) is 0.280. The molecule has 8 nitrogen and oxygen atoms in total. The van der Waals surface area contributed by atoms with Crippen molar-refractivity contribution in [2.24, 2.45) is 4.99 Å². The van der Waals surface area contributed by atoms with Gasteiger partial charge in [0.1, 0.15) is 11.8 Å². The molecule has 0 saturated heterocycles. The number of ether oxygens (including phenoxy) is 3. The number of thiazole rings is 1. The largest absolute Gasteiger partial charge is 0.480 e. The summed E-state index contributed by atoms with van der Waals surface area (Å²) in [7, 11) is 0. The number of fused-ring (bicyclic) bond motifs is 1. The van der Waals surface area contributed by atoms with Crippen molar-refractivity contribution in [1.29, 1.82) is 0 Å². The average Bonchev–Trinajstić information content (AvgIpc) is 3.46. The Morgan fingerprint density at radius 2 is 2.00 bits per heavy atom. The Bertz CT molecular complexity index is 1560. The molecule has 0 radical (unpaired) electrons. The highest BCUT2D eigenvalue weighted by Crippen LogP contribution is 2.33. The van der Waals surface area contributed by atoms with E-state index in [2.05, 4.69) is 43.5 Å². The van der Waals surface area contributed by atoms with Gasteiger partial charge in [-0.2, -0.15) is 0 Å². The molecule has 1 aliphatic heterocycles. The third-order valence-corrected chi connectivity index (χ3v) is 8.46. The first-order chi connectivity index (χ1) is 17.7. The van der Waals surface area contributed by atoms with Crippen molar-refractivity contribution >= 4 is 79.2 Å². The maximum atomic E-state index is 13.8. The zero-order valence-corrected chi connectivity index (χ0v) is 25.5. The van der Waals surface area contributed by atoms with Crippen LogP contribution in [0.4, 0.5) is 0 Å². The molecule has 0 N–H and O–H groups in total. The summed E-state index contributed by atoms with van der Waals surface area (Å²) in [5.41, 5.74) is 1.18. The molecule has 1 aliphatic rings. The van der Waals surface area contributed by atoms with Gasteiger partial charge in [-0.1, -0.05) is 33.3 Å². The summed E-state index contributed by atoms with van der Waals surface area (Å²) in [6, 6.07) is 6.80. The molecular weight excluding hydrogens is 695 g/mol. The molecule has 4 rings (SSSR count). The van der Waals surface area contributed by atoms with Crippen molar-refractivity contribution in [1.82, 2.24) is 4.57 Å². The number of carbonyl (C=O) groups excluding carboxylic acids is 2. The van der Waals surface area contributed by atoms with E-state index in [1.165, 1.54) is 22.7 Å². The molecule has 0 aliphatic carbocycles. The number of benzene rings is 1. The van der Waals surface area contributed by atoms with Crippen LogP contribution in [-0.2, 0) is 19.1 Å². The van der Waals surface area contributed by atoms with Gasteiger partial charge in [0.25, 0.3) is 5.56 Å². The molecule has 0 spiro atoms. The third-order valence-electron chi connectivity index (χ3n) is 5.29. The Morgan fingerprint density at radius 3 is 2.68 bits per heavy atom. The Kier molecular flexibility index (Phi) is 9.03. The van der Waals surface area contributed by atoms with E-state index >= 15 is 0 Å². The summed E-state index contributed by atoms with van der Waals surface area (Å²) in [5.74, 6) is -0.516. The van der Waals surface area contributed by atoms with E-state index in [9.17, 15) is 14.4 Å². The number of halogens is 2. The van der Waals surface area contributed by atoms with Gasteiger partial charge in [0.15, 0.2) is 11.4 Å².